The smallest absolute Gasteiger partial charge is 0.216 e. The highest BCUT2D eigenvalue weighted by atomic mass is 32.2. The summed E-state index contributed by atoms with van der Waals surface area (Å²) >= 11 is 0. The third kappa shape index (κ3) is 3.88. The molecule has 0 spiro atoms. The van der Waals surface area contributed by atoms with Crippen LogP contribution in [0.4, 0.5) is 0 Å². The zero-order valence-corrected chi connectivity index (χ0v) is 12.4. The maximum absolute atomic E-state index is 12.4. The first-order valence-corrected chi connectivity index (χ1v) is 8.31. The van der Waals surface area contributed by atoms with Gasteiger partial charge in [-0.1, -0.05) is 0 Å². The van der Waals surface area contributed by atoms with Crippen LogP contribution in [-0.2, 0) is 19.5 Å². The molecule has 0 radical (unpaired) electrons. The van der Waals surface area contributed by atoms with Gasteiger partial charge in [-0.25, -0.2) is 8.42 Å². The molecule has 2 fully saturated rings. The van der Waals surface area contributed by atoms with Crippen LogP contribution in [0.2, 0.25) is 0 Å². The van der Waals surface area contributed by atoms with E-state index >= 15 is 0 Å². The first-order valence-electron chi connectivity index (χ1n) is 6.70. The molecule has 7 heteroatoms. The number of aliphatic hydroxyl groups excluding tert-OH is 1. The van der Waals surface area contributed by atoms with Crippen LogP contribution in [0.3, 0.4) is 0 Å². The van der Waals surface area contributed by atoms with Gasteiger partial charge in [0.15, 0.2) is 0 Å². The lowest BCUT2D eigenvalue weighted by Gasteiger charge is -2.41. The van der Waals surface area contributed by atoms with Gasteiger partial charge in [0.2, 0.25) is 10.0 Å². The molecule has 1 N–H and O–H groups in total. The lowest BCUT2D eigenvalue weighted by molar-refractivity contribution is -0.131. The fourth-order valence-electron chi connectivity index (χ4n) is 2.67. The Bertz CT molecular complexity index is 402. The molecule has 0 bridgehead atoms. The minimum absolute atomic E-state index is 0.0290. The zero-order valence-electron chi connectivity index (χ0n) is 11.5. The van der Waals surface area contributed by atoms with E-state index in [1.165, 1.54) is 4.31 Å². The lowest BCUT2D eigenvalue weighted by atomic mass is 10.1. The van der Waals surface area contributed by atoms with Gasteiger partial charge in [0.05, 0.1) is 30.2 Å². The third-order valence-electron chi connectivity index (χ3n) is 3.47. The summed E-state index contributed by atoms with van der Waals surface area (Å²) in [6, 6.07) is 0. The van der Waals surface area contributed by atoms with Crippen LogP contribution in [-0.4, -0.2) is 67.7 Å². The van der Waals surface area contributed by atoms with Gasteiger partial charge in [0, 0.05) is 19.7 Å². The average molecular weight is 293 g/mol. The molecule has 19 heavy (non-hydrogen) atoms. The van der Waals surface area contributed by atoms with Crippen molar-refractivity contribution >= 4 is 10.0 Å². The quantitative estimate of drug-likeness (QED) is 0.787. The van der Waals surface area contributed by atoms with Crippen molar-refractivity contribution in [3.05, 3.63) is 0 Å². The average Bonchev–Trinajstić information content (AvgIpc) is 2.78. The highest BCUT2D eigenvalue weighted by molar-refractivity contribution is 7.89. The molecule has 2 atom stereocenters. The summed E-state index contributed by atoms with van der Waals surface area (Å²) in [5, 5.41) is 9.22. The molecule has 0 saturated carbocycles. The Balaban J connectivity index is 2.05. The predicted molar refractivity (Wildman–Crippen MR) is 70.4 cm³/mol. The van der Waals surface area contributed by atoms with E-state index in [0.717, 1.165) is 12.8 Å². The summed E-state index contributed by atoms with van der Waals surface area (Å²) in [5.74, 6) is 0.0290. The fraction of sp³-hybridized carbons (Fsp3) is 1.00. The first-order chi connectivity index (χ1) is 8.82. The van der Waals surface area contributed by atoms with Crippen molar-refractivity contribution in [2.45, 2.75) is 44.5 Å². The van der Waals surface area contributed by atoms with Gasteiger partial charge in [0.1, 0.15) is 0 Å². The van der Waals surface area contributed by atoms with Crippen LogP contribution in [0.25, 0.3) is 0 Å². The number of sulfonamides is 1. The van der Waals surface area contributed by atoms with Crippen molar-refractivity contribution in [3.8, 4) is 0 Å². The van der Waals surface area contributed by atoms with Crippen molar-refractivity contribution in [1.82, 2.24) is 4.31 Å². The number of ether oxygens (including phenoxy) is 2. The molecule has 0 aromatic heterocycles. The van der Waals surface area contributed by atoms with Crippen LogP contribution >= 0.6 is 0 Å². The Hall–Kier alpha value is -0.210. The summed E-state index contributed by atoms with van der Waals surface area (Å²) in [5.41, 5.74) is -0.574. The molecule has 2 unspecified atom stereocenters. The van der Waals surface area contributed by atoms with E-state index in [9.17, 15) is 13.5 Å². The molecule has 2 aliphatic rings. The van der Waals surface area contributed by atoms with Gasteiger partial charge in [0.25, 0.3) is 0 Å². The molecule has 2 rings (SSSR count). The van der Waals surface area contributed by atoms with Gasteiger partial charge < -0.3 is 14.6 Å². The second-order valence-electron chi connectivity index (χ2n) is 5.89. The Morgan fingerprint density at radius 1 is 1.37 bits per heavy atom. The van der Waals surface area contributed by atoms with E-state index in [2.05, 4.69) is 0 Å². The topological polar surface area (TPSA) is 76.1 Å². The highest BCUT2D eigenvalue weighted by Gasteiger charge is 2.39. The second-order valence-corrected chi connectivity index (χ2v) is 7.90. The molecule has 2 heterocycles. The van der Waals surface area contributed by atoms with Gasteiger partial charge in [-0.2, -0.15) is 4.31 Å². The lowest BCUT2D eigenvalue weighted by Crippen LogP contribution is -2.56. The normalized spacial score (nSPS) is 32.6. The maximum Gasteiger partial charge on any atom is 0.216 e. The maximum atomic E-state index is 12.4. The second kappa shape index (κ2) is 5.65. The molecule has 0 amide bonds. The van der Waals surface area contributed by atoms with Gasteiger partial charge in [-0.05, 0) is 26.7 Å². The van der Waals surface area contributed by atoms with E-state index in [1.54, 1.807) is 0 Å². The van der Waals surface area contributed by atoms with Gasteiger partial charge in [-0.15, -0.1) is 0 Å². The Morgan fingerprint density at radius 2 is 2.11 bits per heavy atom. The number of aliphatic hydroxyl groups is 1. The molecule has 6 nitrogen and oxygen atoms in total. The van der Waals surface area contributed by atoms with Crippen LogP contribution in [0.5, 0.6) is 0 Å². The van der Waals surface area contributed by atoms with Gasteiger partial charge >= 0.3 is 0 Å². The van der Waals surface area contributed by atoms with E-state index in [-0.39, 0.29) is 25.0 Å². The number of hydrogen-bond acceptors (Lipinski definition) is 5. The number of nitrogens with zero attached hydrogens (tertiary/aromatic N) is 1. The van der Waals surface area contributed by atoms with Crippen LogP contribution in [0.15, 0.2) is 0 Å². The van der Waals surface area contributed by atoms with E-state index in [4.69, 9.17) is 9.47 Å². The van der Waals surface area contributed by atoms with Crippen LogP contribution in [0.1, 0.15) is 26.7 Å². The minimum atomic E-state index is -3.36. The minimum Gasteiger partial charge on any atom is -0.394 e. The summed E-state index contributed by atoms with van der Waals surface area (Å²) in [4.78, 5) is 0. The highest BCUT2D eigenvalue weighted by Crippen LogP contribution is 2.25. The van der Waals surface area contributed by atoms with Crippen molar-refractivity contribution in [2.24, 2.45) is 0 Å². The van der Waals surface area contributed by atoms with E-state index in [0.29, 0.717) is 13.2 Å². The standard InChI is InChI=1S/C12H23NO5S/c1-12(2)9-13(6-11(7-14)18-12)19(15,16)8-10-4-3-5-17-10/h10-11,14H,3-9H2,1-2H3. The Kier molecular flexibility index (Phi) is 4.52. The number of rotatable bonds is 4. The molecule has 0 aliphatic carbocycles. The molecule has 0 aromatic carbocycles. The summed E-state index contributed by atoms with van der Waals surface area (Å²) in [6.45, 7) is 4.68. The molecule has 2 aliphatic heterocycles. The molecule has 0 aromatic rings. The van der Waals surface area contributed by atoms with Crippen molar-refractivity contribution in [2.75, 3.05) is 32.1 Å². The van der Waals surface area contributed by atoms with Crippen LogP contribution < -0.4 is 0 Å². The summed E-state index contributed by atoms with van der Waals surface area (Å²) in [7, 11) is -3.36. The van der Waals surface area contributed by atoms with Crippen molar-refractivity contribution < 1.29 is 23.0 Å². The summed E-state index contributed by atoms with van der Waals surface area (Å²) < 4.78 is 37.3. The Morgan fingerprint density at radius 3 is 2.68 bits per heavy atom. The number of hydrogen-bond donors (Lipinski definition) is 1. The van der Waals surface area contributed by atoms with Crippen molar-refractivity contribution in [1.29, 1.82) is 0 Å². The third-order valence-corrected chi connectivity index (χ3v) is 5.33. The van der Waals surface area contributed by atoms with Crippen LogP contribution in [0, 0.1) is 0 Å². The van der Waals surface area contributed by atoms with Crippen molar-refractivity contribution in [3.63, 3.8) is 0 Å². The van der Waals surface area contributed by atoms with E-state index in [1.807, 2.05) is 13.8 Å². The fourth-order valence-corrected chi connectivity index (χ4v) is 4.51. The predicted octanol–water partition coefficient (Wildman–Crippen LogP) is -0.0331. The summed E-state index contributed by atoms with van der Waals surface area (Å²) in [6.07, 6.45) is 1.08. The number of morpholine rings is 1. The zero-order chi connectivity index (χ0) is 14.1. The SMILES string of the molecule is CC1(C)CN(S(=O)(=O)CC2CCCO2)CC(CO)O1. The monoisotopic (exact) mass is 293 g/mol. The Labute approximate surface area is 114 Å². The van der Waals surface area contributed by atoms with E-state index < -0.39 is 21.7 Å². The molecular weight excluding hydrogens is 270 g/mol. The molecular formula is C12H23NO5S. The van der Waals surface area contributed by atoms with Gasteiger partial charge in [-0.3, -0.25) is 0 Å². The molecule has 2 saturated heterocycles. The largest absolute Gasteiger partial charge is 0.394 e. The first kappa shape index (κ1) is 15.2. The molecule has 112 valence electrons.